The summed E-state index contributed by atoms with van der Waals surface area (Å²) in [6.45, 7) is 1.33. The van der Waals surface area contributed by atoms with Gasteiger partial charge in [0.05, 0.1) is 6.42 Å². The number of nitrogens with one attached hydrogen (secondary N) is 2. The van der Waals surface area contributed by atoms with Crippen LogP contribution in [0.15, 0.2) is 30.3 Å². The van der Waals surface area contributed by atoms with Gasteiger partial charge in [0.2, 0.25) is 5.91 Å². The lowest BCUT2D eigenvalue weighted by Gasteiger charge is -2.17. The van der Waals surface area contributed by atoms with E-state index in [1.165, 1.54) is 6.92 Å². The van der Waals surface area contributed by atoms with E-state index in [4.69, 9.17) is 14.9 Å². The number of carbonyl (C=O) groups excluding carboxylic acids is 2. The predicted octanol–water partition coefficient (Wildman–Crippen LogP) is 0.345. The van der Waals surface area contributed by atoms with Gasteiger partial charge < -0.3 is 25.6 Å². The van der Waals surface area contributed by atoms with Crippen LogP contribution in [0.25, 0.3) is 0 Å². The molecule has 0 aliphatic rings. The Morgan fingerprint density at radius 1 is 1.08 bits per heavy atom. The first-order valence-corrected chi connectivity index (χ1v) is 7.01. The monoisotopic (exact) mass is 338 g/mol. The number of alkyl carbamates (subject to hydrolysis) is 1. The molecule has 0 aliphatic carbocycles. The lowest BCUT2D eigenvalue weighted by Crippen LogP contribution is -2.51. The molecule has 9 nitrogen and oxygen atoms in total. The molecule has 4 N–H and O–H groups in total. The Morgan fingerprint density at radius 3 is 2.25 bits per heavy atom. The Balaban J connectivity index is 2.45. The molecule has 0 heterocycles. The number of carboxylic acids is 2. The number of amides is 2. The van der Waals surface area contributed by atoms with Gasteiger partial charge in [0, 0.05) is 0 Å². The van der Waals surface area contributed by atoms with Gasteiger partial charge in [-0.25, -0.2) is 9.59 Å². The molecule has 0 radical (unpaired) electrons. The summed E-state index contributed by atoms with van der Waals surface area (Å²) < 4.78 is 4.93. The van der Waals surface area contributed by atoms with Crippen molar-refractivity contribution in [2.24, 2.45) is 0 Å². The van der Waals surface area contributed by atoms with Crippen molar-refractivity contribution in [3.63, 3.8) is 0 Å². The SMILES string of the molecule is C[C@@H](NC(=O)OCc1ccccc1)C(=O)N[C@H](CC(=O)O)C(=O)O. The molecule has 0 aromatic heterocycles. The van der Waals surface area contributed by atoms with Crippen LogP contribution in [0, 0.1) is 0 Å². The highest BCUT2D eigenvalue weighted by atomic mass is 16.5. The molecule has 24 heavy (non-hydrogen) atoms. The molecule has 0 fully saturated rings. The molecule has 0 saturated heterocycles. The largest absolute Gasteiger partial charge is 0.481 e. The van der Waals surface area contributed by atoms with Crippen molar-refractivity contribution in [1.82, 2.24) is 10.6 Å². The summed E-state index contributed by atoms with van der Waals surface area (Å²) in [5, 5.41) is 21.7. The maximum absolute atomic E-state index is 11.8. The second-order valence-corrected chi connectivity index (χ2v) is 4.93. The number of ether oxygens (including phenoxy) is 1. The standard InChI is InChI=1S/C15H18N2O7/c1-9(13(20)17-11(14(21)22)7-12(18)19)16-15(23)24-8-10-5-3-2-4-6-10/h2-6,9,11H,7-8H2,1H3,(H,16,23)(H,17,20)(H,18,19)(H,21,22)/t9-,11-/m1/s1. The van der Waals surface area contributed by atoms with Crippen molar-refractivity contribution >= 4 is 23.9 Å². The van der Waals surface area contributed by atoms with E-state index in [0.717, 1.165) is 5.56 Å². The van der Waals surface area contributed by atoms with Gasteiger partial charge in [-0.3, -0.25) is 9.59 Å². The highest BCUT2D eigenvalue weighted by Crippen LogP contribution is 2.01. The Morgan fingerprint density at radius 2 is 1.71 bits per heavy atom. The molecule has 0 aliphatic heterocycles. The topological polar surface area (TPSA) is 142 Å². The molecule has 1 rings (SSSR count). The Bertz CT molecular complexity index is 603. The van der Waals surface area contributed by atoms with E-state index in [-0.39, 0.29) is 6.61 Å². The number of carbonyl (C=O) groups is 4. The van der Waals surface area contributed by atoms with Gasteiger partial charge in [-0.15, -0.1) is 0 Å². The molecule has 0 unspecified atom stereocenters. The number of aliphatic carboxylic acids is 2. The Kier molecular flexibility index (Phi) is 7.21. The number of rotatable bonds is 8. The molecule has 1 aromatic rings. The second-order valence-electron chi connectivity index (χ2n) is 4.93. The molecule has 0 spiro atoms. The summed E-state index contributed by atoms with van der Waals surface area (Å²) in [5.74, 6) is -3.68. The predicted molar refractivity (Wildman–Crippen MR) is 81.0 cm³/mol. The first-order chi connectivity index (χ1) is 11.3. The van der Waals surface area contributed by atoms with Crippen LogP contribution in [0.4, 0.5) is 4.79 Å². The van der Waals surface area contributed by atoms with E-state index >= 15 is 0 Å². The highest BCUT2D eigenvalue weighted by molar-refractivity contribution is 5.90. The Hall–Kier alpha value is -3.10. The average Bonchev–Trinajstić information content (AvgIpc) is 2.52. The molecule has 0 saturated carbocycles. The van der Waals surface area contributed by atoms with Crippen LogP contribution in [0.2, 0.25) is 0 Å². The number of benzene rings is 1. The van der Waals surface area contributed by atoms with Gasteiger partial charge in [-0.05, 0) is 12.5 Å². The fourth-order valence-corrected chi connectivity index (χ4v) is 1.68. The van der Waals surface area contributed by atoms with Crippen molar-refractivity contribution in [2.45, 2.75) is 32.0 Å². The van der Waals surface area contributed by atoms with Crippen LogP contribution in [0.1, 0.15) is 18.9 Å². The highest BCUT2D eigenvalue weighted by Gasteiger charge is 2.26. The fraction of sp³-hybridized carbons (Fsp3) is 0.333. The summed E-state index contributed by atoms with van der Waals surface area (Å²) in [6, 6.07) is 6.21. The van der Waals surface area contributed by atoms with E-state index in [1.807, 2.05) is 11.4 Å². The molecule has 2 amide bonds. The zero-order valence-electron chi connectivity index (χ0n) is 12.9. The molecule has 2 atom stereocenters. The summed E-state index contributed by atoms with van der Waals surface area (Å²) in [6.07, 6.45) is -1.63. The van der Waals surface area contributed by atoms with Gasteiger partial charge in [0.1, 0.15) is 18.7 Å². The minimum atomic E-state index is -1.58. The summed E-state index contributed by atoms with van der Waals surface area (Å²) in [5.41, 5.74) is 0.761. The quantitative estimate of drug-likeness (QED) is 0.535. The zero-order valence-corrected chi connectivity index (χ0v) is 12.9. The van der Waals surface area contributed by atoms with Crippen molar-refractivity contribution in [1.29, 1.82) is 0 Å². The zero-order chi connectivity index (χ0) is 18.1. The molecule has 1 aromatic carbocycles. The van der Waals surface area contributed by atoms with E-state index in [1.54, 1.807) is 24.3 Å². The van der Waals surface area contributed by atoms with Crippen molar-refractivity contribution in [3.8, 4) is 0 Å². The molecule has 9 heteroatoms. The van der Waals surface area contributed by atoms with Gasteiger partial charge in [0.15, 0.2) is 0 Å². The fourth-order valence-electron chi connectivity index (χ4n) is 1.68. The lowest BCUT2D eigenvalue weighted by molar-refractivity contribution is -0.147. The first kappa shape index (κ1) is 18.9. The van der Waals surface area contributed by atoms with Gasteiger partial charge in [-0.2, -0.15) is 0 Å². The minimum absolute atomic E-state index is 0.0117. The van der Waals surface area contributed by atoms with Crippen molar-refractivity contribution < 1.29 is 34.1 Å². The van der Waals surface area contributed by atoms with Crippen LogP contribution in [0.3, 0.4) is 0 Å². The van der Waals surface area contributed by atoms with E-state index < -0.39 is 42.4 Å². The average molecular weight is 338 g/mol. The molecular formula is C15H18N2O7. The van der Waals surface area contributed by atoms with Gasteiger partial charge in [0.25, 0.3) is 0 Å². The van der Waals surface area contributed by atoms with Gasteiger partial charge >= 0.3 is 18.0 Å². The van der Waals surface area contributed by atoms with Crippen LogP contribution < -0.4 is 10.6 Å². The summed E-state index contributed by atoms with van der Waals surface area (Å²) in [7, 11) is 0. The number of hydrogen-bond acceptors (Lipinski definition) is 5. The third kappa shape index (κ3) is 6.77. The maximum Gasteiger partial charge on any atom is 0.408 e. The van der Waals surface area contributed by atoms with Crippen LogP contribution >= 0.6 is 0 Å². The third-order valence-corrected chi connectivity index (χ3v) is 2.93. The molecular weight excluding hydrogens is 320 g/mol. The van der Waals surface area contributed by atoms with E-state index in [0.29, 0.717) is 0 Å². The van der Waals surface area contributed by atoms with E-state index in [2.05, 4.69) is 5.32 Å². The number of hydrogen-bond donors (Lipinski definition) is 4. The maximum atomic E-state index is 11.8. The summed E-state index contributed by atoms with van der Waals surface area (Å²) >= 11 is 0. The van der Waals surface area contributed by atoms with Crippen molar-refractivity contribution in [2.75, 3.05) is 0 Å². The second kappa shape index (κ2) is 9.13. The smallest absolute Gasteiger partial charge is 0.408 e. The number of carboxylic acid groups (broad SMARTS) is 2. The third-order valence-electron chi connectivity index (χ3n) is 2.93. The van der Waals surface area contributed by atoms with Crippen molar-refractivity contribution in [3.05, 3.63) is 35.9 Å². The minimum Gasteiger partial charge on any atom is -0.481 e. The summed E-state index contributed by atoms with van der Waals surface area (Å²) in [4.78, 5) is 44.9. The molecule has 0 bridgehead atoms. The normalized spacial score (nSPS) is 12.5. The van der Waals surface area contributed by atoms with Crippen LogP contribution in [-0.4, -0.2) is 46.2 Å². The van der Waals surface area contributed by atoms with E-state index in [9.17, 15) is 19.2 Å². The van der Waals surface area contributed by atoms with Gasteiger partial charge in [-0.1, -0.05) is 30.3 Å². The van der Waals surface area contributed by atoms with Crippen LogP contribution in [0.5, 0.6) is 0 Å². The van der Waals surface area contributed by atoms with Crippen LogP contribution in [-0.2, 0) is 25.7 Å². The lowest BCUT2D eigenvalue weighted by atomic mass is 10.2. The molecule has 130 valence electrons. The Labute approximate surface area is 137 Å². The first-order valence-electron chi connectivity index (χ1n) is 7.01.